The average Bonchev–Trinajstić information content (AvgIpc) is 3.00. The van der Waals surface area contributed by atoms with Crippen molar-refractivity contribution < 1.29 is 14.3 Å². The van der Waals surface area contributed by atoms with Crippen LogP contribution in [0.3, 0.4) is 0 Å². The molecule has 2 aliphatic heterocycles. The van der Waals surface area contributed by atoms with E-state index in [4.69, 9.17) is 9.47 Å². The van der Waals surface area contributed by atoms with Crippen LogP contribution in [0.4, 0.5) is 0 Å². The van der Waals surface area contributed by atoms with Gasteiger partial charge in [0.15, 0.2) is 0 Å². The Morgan fingerprint density at radius 2 is 2.17 bits per heavy atom. The molecule has 2 saturated heterocycles. The van der Waals surface area contributed by atoms with E-state index in [1.54, 1.807) is 11.0 Å². The Morgan fingerprint density at radius 1 is 1.35 bits per heavy atom. The summed E-state index contributed by atoms with van der Waals surface area (Å²) >= 11 is 0. The lowest BCUT2D eigenvalue weighted by molar-refractivity contribution is -0.147. The number of carbonyl (C=O) groups is 1. The van der Waals surface area contributed by atoms with Crippen LogP contribution in [0.2, 0.25) is 0 Å². The highest BCUT2D eigenvalue weighted by Crippen LogP contribution is 2.12. The van der Waals surface area contributed by atoms with Crippen LogP contribution in [0.25, 0.3) is 0 Å². The number of aromatic nitrogens is 3. The smallest absolute Gasteiger partial charge is 0.242 e. The van der Waals surface area contributed by atoms with Crippen LogP contribution in [0, 0.1) is 0 Å². The van der Waals surface area contributed by atoms with Gasteiger partial charge in [-0.25, -0.2) is 4.98 Å². The van der Waals surface area contributed by atoms with E-state index in [-0.39, 0.29) is 49.0 Å². The molecule has 0 radical (unpaired) electrons. The Bertz CT molecular complexity index is 476. The molecule has 0 bridgehead atoms. The number of carbonyl (C=O) groups excluding carboxylic acids is 1. The number of hydrogen-bond acceptors (Lipinski definition) is 6. The fourth-order valence-electron chi connectivity index (χ4n) is 2.77. The molecular weight excluding hydrogens is 345 g/mol. The molecule has 0 aromatic carbocycles. The van der Waals surface area contributed by atoms with Crippen molar-refractivity contribution in [1.82, 2.24) is 25.0 Å². The minimum atomic E-state index is -0.260. The Morgan fingerprint density at radius 3 is 2.87 bits per heavy atom. The molecule has 3 atom stereocenters. The molecule has 1 amide bonds. The Hall–Kier alpha value is -0.930. The fourth-order valence-corrected chi connectivity index (χ4v) is 2.77. The van der Waals surface area contributed by atoms with Crippen molar-refractivity contribution >= 4 is 30.7 Å². The van der Waals surface area contributed by atoms with Gasteiger partial charge in [-0.3, -0.25) is 9.48 Å². The van der Waals surface area contributed by atoms with Crippen molar-refractivity contribution in [2.75, 3.05) is 32.8 Å². The first-order chi connectivity index (χ1) is 10.2. The van der Waals surface area contributed by atoms with Gasteiger partial charge in [0, 0.05) is 19.6 Å². The fraction of sp³-hybridized carbons (Fsp3) is 0.769. The molecule has 23 heavy (non-hydrogen) atoms. The van der Waals surface area contributed by atoms with E-state index in [9.17, 15) is 4.79 Å². The van der Waals surface area contributed by atoms with Crippen LogP contribution >= 0.6 is 24.8 Å². The number of rotatable bonds is 3. The van der Waals surface area contributed by atoms with E-state index in [0.29, 0.717) is 39.4 Å². The van der Waals surface area contributed by atoms with Crippen molar-refractivity contribution in [2.45, 2.75) is 31.7 Å². The molecule has 3 heterocycles. The van der Waals surface area contributed by atoms with Gasteiger partial charge in [0.05, 0.1) is 32.0 Å². The second-order valence-electron chi connectivity index (χ2n) is 5.40. The maximum atomic E-state index is 12.6. The third kappa shape index (κ3) is 5.02. The SMILES string of the molecule is C[C@H]1OCCN[C@@H]1C(=O)N1CCOC(Cn2cncn2)C1.Cl.Cl. The topological polar surface area (TPSA) is 81.5 Å². The molecule has 1 N–H and O–H groups in total. The molecule has 10 heteroatoms. The largest absolute Gasteiger partial charge is 0.375 e. The van der Waals surface area contributed by atoms with Crippen LogP contribution in [-0.4, -0.2) is 76.7 Å². The first-order valence-electron chi connectivity index (χ1n) is 7.32. The van der Waals surface area contributed by atoms with Gasteiger partial charge < -0.3 is 19.7 Å². The summed E-state index contributed by atoms with van der Waals surface area (Å²) in [6.07, 6.45) is 3.01. The van der Waals surface area contributed by atoms with Gasteiger partial charge in [-0.1, -0.05) is 0 Å². The first-order valence-corrected chi connectivity index (χ1v) is 7.32. The highest BCUT2D eigenvalue weighted by atomic mass is 35.5. The van der Waals surface area contributed by atoms with Crippen molar-refractivity contribution in [3.63, 3.8) is 0 Å². The Kier molecular flexibility index (Phi) is 8.21. The minimum absolute atomic E-state index is 0. The molecule has 0 aliphatic carbocycles. The summed E-state index contributed by atoms with van der Waals surface area (Å²) in [6.45, 7) is 5.65. The Balaban J connectivity index is 0.00000132. The first kappa shape index (κ1) is 20.1. The van der Waals surface area contributed by atoms with Gasteiger partial charge in [-0.05, 0) is 6.92 Å². The van der Waals surface area contributed by atoms with E-state index in [2.05, 4.69) is 15.4 Å². The predicted octanol–water partition coefficient (Wildman–Crippen LogP) is -0.274. The number of hydrogen-bond donors (Lipinski definition) is 1. The molecule has 2 aliphatic rings. The summed E-state index contributed by atoms with van der Waals surface area (Å²) in [5.74, 6) is 0.0918. The average molecular weight is 368 g/mol. The van der Waals surface area contributed by atoms with Crippen LogP contribution in [0.15, 0.2) is 12.7 Å². The number of morpholine rings is 2. The molecule has 2 fully saturated rings. The third-order valence-corrected chi connectivity index (χ3v) is 3.89. The van der Waals surface area contributed by atoms with Gasteiger partial charge in [-0.15, -0.1) is 24.8 Å². The number of nitrogens with zero attached hydrogens (tertiary/aromatic N) is 4. The van der Waals surface area contributed by atoms with Crippen molar-refractivity contribution in [2.24, 2.45) is 0 Å². The summed E-state index contributed by atoms with van der Waals surface area (Å²) in [4.78, 5) is 18.4. The molecule has 8 nitrogen and oxygen atoms in total. The summed E-state index contributed by atoms with van der Waals surface area (Å²) in [5.41, 5.74) is 0. The van der Waals surface area contributed by atoms with E-state index in [1.165, 1.54) is 6.33 Å². The van der Waals surface area contributed by atoms with Crippen molar-refractivity contribution in [1.29, 1.82) is 0 Å². The molecule has 1 aromatic heterocycles. The van der Waals surface area contributed by atoms with Crippen LogP contribution in [-0.2, 0) is 20.8 Å². The van der Waals surface area contributed by atoms with Crippen LogP contribution in [0.5, 0.6) is 0 Å². The van der Waals surface area contributed by atoms with E-state index < -0.39 is 0 Å². The number of amides is 1. The number of ether oxygens (including phenoxy) is 2. The zero-order chi connectivity index (χ0) is 14.7. The van der Waals surface area contributed by atoms with Gasteiger partial charge in [0.2, 0.25) is 5.91 Å². The zero-order valence-electron chi connectivity index (χ0n) is 13.0. The van der Waals surface area contributed by atoms with Crippen LogP contribution < -0.4 is 5.32 Å². The quantitative estimate of drug-likeness (QED) is 0.791. The van der Waals surface area contributed by atoms with Gasteiger partial charge in [-0.2, -0.15) is 5.10 Å². The molecule has 132 valence electrons. The van der Waals surface area contributed by atoms with Gasteiger partial charge >= 0.3 is 0 Å². The zero-order valence-corrected chi connectivity index (χ0v) is 14.6. The molecule has 1 unspecified atom stereocenters. The predicted molar refractivity (Wildman–Crippen MR) is 88.0 cm³/mol. The maximum Gasteiger partial charge on any atom is 0.242 e. The highest BCUT2D eigenvalue weighted by Gasteiger charge is 2.34. The number of halogens is 2. The normalized spacial score (nSPS) is 27.7. The molecular formula is C13H23Cl2N5O3. The van der Waals surface area contributed by atoms with Gasteiger partial charge in [0.25, 0.3) is 0 Å². The highest BCUT2D eigenvalue weighted by molar-refractivity contribution is 5.85. The lowest BCUT2D eigenvalue weighted by atomic mass is 10.1. The van der Waals surface area contributed by atoms with E-state index in [0.717, 1.165) is 0 Å². The van der Waals surface area contributed by atoms with Gasteiger partial charge in [0.1, 0.15) is 18.7 Å². The standard InChI is InChI=1S/C13H21N5O3.2ClH/c1-10-12(15-2-4-20-10)13(19)17-3-5-21-11(6-17)7-18-9-14-8-16-18;;/h8-12,15H,2-7H2,1H3;2*1H/t10-,11?,12+;;/m1../s1. The summed E-state index contributed by atoms with van der Waals surface area (Å²) in [7, 11) is 0. The molecule has 0 saturated carbocycles. The number of nitrogens with one attached hydrogen (secondary N) is 1. The minimum Gasteiger partial charge on any atom is -0.375 e. The maximum absolute atomic E-state index is 12.6. The lowest BCUT2D eigenvalue weighted by Gasteiger charge is -2.37. The molecule has 1 aromatic rings. The third-order valence-electron chi connectivity index (χ3n) is 3.89. The second kappa shape index (κ2) is 9.39. The lowest BCUT2D eigenvalue weighted by Crippen LogP contribution is -2.59. The Labute approximate surface area is 147 Å². The molecule has 3 rings (SSSR count). The molecule has 0 spiro atoms. The summed E-state index contributed by atoms with van der Waals surface area (Å²) in [5, 5.41) is 7.31. The van der Waals surface area contributed by atoms with E-state index in [1.807, 2.05) is 11.8 Å². The van der Waals surface area contributed by atoms with Crippen molar-refractivity contribution in [3.05, 3.63) is 12.7 Å². The second-order valence-corrected chi connectivity index (χ2v) is 5.40. The van der Waals surface area contributed by atoms with Crippen LogP contribution in [0.1, 0.15) is 6.92 Å². The van der Waals surface area contributed by atoms with E-state index >= 15 is 0 Å². The monoisotopic (exact) mass is 367 g/mol. The summed E-state index contributed by atoms with van der Waals surface area (Å²) in [6, 6.07) is -0.260. The summed E-state index contributed by atoms with van der Waals surface area (Å²) < 4.78 is 13.0. The van der Waals surface area contributed by atoms with Crippen molar-refractivity contribution in [3.8, 4) is 0 Å².